The first kappa shape index (κ1) is 19.8. The van der Waals surface area contributed by atoms with E-state index in [2.05, 4.69) is 22.2 Å². The number of halogens is 2. The van der Waals surface area contributed by atoms with Gasteiger partial charge >= 0.3 is 0 Å². The Balaban J connectivity index is 1.52. The average molecular weight is 435 g/mol. The first-order valence-corrected chi connectivity index (χ1v) is 10.9. The van der Waals surface area contributed by atoms with Crippen LogP contribution < -0.4 is 0 Å². The van der Waals surface area contributed by atoms with Crippen LogP contribution in [0.4, 0.5) is 8.78 Å². The molecule has 2 heterocycles. The number of aromatic nitrogens is 3. The third kappa shape index (κ3) is 3.70. The average Bonchev–Trinajstić information content (AvgIpc) is 3.34. The minimum absolute atomic E-state index is 0.213. The van der Waals surface area contributed by atoms with E-state index in [0.29, 0.717) is 5.01 Å². The monoisotopic (exact) mass is 435 g/mol. The highest BCUT2D eigenvalue weighted by molar-refractivity contribution is 7.17. The topological polar surface area (TPSA) is 47.8 Å². The molecule has 0 atom stereocenters. The van der Waals surface area contributed by atoms with Crippen LogP contribution in [0.2, 0.25) is 0 Å². The van der Waals surface area contributed by atoms with Gasteiger partial charge in [0.1, 0.15) is 11.6 Å². The Labute approximate surface area is 182 Å². The molecular formula is C24H19F2N3OS. The van der Waals surface area contributed by atoms with Gasteiger partial charge in [-0.3, -0.25) is 4.79 Å². The van der Waals surface area contributed by atoms with Crippen molar-refractivity contribution in [3.8, 4) is 16.1 Å². The fourth-order valence-electron chi connectivity index (χ4n) is 3.93. The van der Waals surface area contributed by atoms with Crippen LogP contribution in [0.1, 0.15) is 38.7 Å². The van der Waals surface area contributed by atoms with Crippen molar-refractivity contribution in [1.82, 2.24) is 14.8 Å². The Morgan fingerprint density at radius 1 is 1.13 bits per heavy atom. The van der Waals surface area contributed by atoms with Crippen LogP contribution >= 0.6 is 11.3 Å². The van der Waals surface area contributed by atoms with Crippen molar-refractivity contribution in [2.24, 2.45) is 0 Å². The molecule has 0 unspecified atom stereocenters. The molecule has 0 aliphatic heterocycles. The quantitative estimate of drug-likeness (QED) is 0.398. The van der Waals surface area contributed by atoms with Crippen LogP contribution in [-0.2, 0) is 19.3 Å². The van der Waals surface area contributed by atoms with Crippen LogP contribution in [0.15, 0.2) is 48.7 Å². The van der Waals surface area contributed by atoms with Crippen molar-refractivity contribution in [3.05, 3.63) is 87.8 Å². The van der Waals surface area contributed by atoms with Crippen molar-refractivity contribution in [3.63, 3.8) is 0 Å². The van der Waals surface area contributed by atoms with E-state index in [-0.39, 0.29) is 17.8 Å². The zero-order valence-electron chi connectivity index (χ0n) is 16.9. The Morgan fingerprint density at radius 3 is 2.68 bits per heavy atom. The van der Waals surface area contributed by atoms with Gasteiger partial charge in [0, 0.05) is 18.2 Å². The lowest BCUT2D eigenvalue weighted by Crippen LogP contribution is -2.07. The maximum Gasteiger partial charge on any atom is 0.195 e. The summed E-state index contributed by atoms with van der Waals surface area (Å²) < 4.78 is 29.8. The van der Waals surface area contributed by atoms with Gasteiger partial charge in [0.25, 0.3) is 0 Å². The van der Waals surface area contributed by atoms with E-state index < -0.39 is 11.6 Å². The van der Waals surface area contributed by atoms with Crippen LogP contribution in [0.5, 0.6) is 0 Å². The molecule has 0 amide bonds. The number of carbonyl (C=O) groups excluding carboxylic acids is 1. The van der Waals surface area contributed by atoms with Gasteiger partial charge in [0.15, 0.2) is 10.8 Å². The fourth-order valence-corrected chi connectivity index (χ4v) is 5.03. The molecule has 0 fully saturated rings. The second-order valence-corrected chi connectivity index (χ2v) is 8.69. The molecule has 0 N–H and O–H groups in total. The van der Waals surface area contributed by atoms with Crippen LogP contribution in [-0.4, -0.2) is 20.5 Å². The molecule has 4 nitrogen and oxygen atoms in total. The first-order valence-electron chi connectivity index (χ1n) is 10.1. The number of fused-ring (bicyclic) bond motifs is 3. The number of benzene rings is 2. The third-order valence-electron chi connectivity index (χ3n) is 5.52. The molecule has 156 valence electrons. The normalized spacial score (nSPS) is 12.9. The maximum absolute atomic E-state index is 14.0. The van der Waals surface area contributed by atoms with E-state index in [0.717, 1.165) is 58.9 Å². The number of hydrogen-bond donors (Lipinski definition) is 0. The number of Topliss-reactive ketones (excluding diaryl/α,β-unsaturated/α-hetero) is 1. The Morgan fingerprint density at radius 2 is 1.94 bits per heavy atom. The summed E-state index contributed by atoms with van der Waals surface area (Å²) in [5, 5.41) is 4.78. The molecule has 5 rings (SSSR count). The lowest BCUT2D eigenvalue weighted by molar-refractivity contribution is 0.0990. The predicted molar refractivity (Wildman–Crippen MR) is 116 cm³/mol. The van der Waals surface area contributed by atoms with Gasteiger partial charge in [-0.05, 0) is 67.6 Å². The summed E-state index contributed by atoms with van der Waals surface area (Å²) >= 11 is 1.30. The summed E-state index contributed by atoms with van der Waals surface area (Å²) in [6.45, 7) is 1.94. The van der Waals surface area contributed by atoms with E-state index in [4.69, 9.17) is 0 Å². The van der Waals surface area contributed by atoms with E-state index in [9.17, 15) is 13.6 Å². The number of hydrogen-bond acceptors (Lipinski definition) is 4. The third-order valence-corrected chi connectivity index (χ3v) is 6.69. The number of nitrogens with zero attached hydrogens (tertiary/aromatic N) is 3. The zero-order chi connectivity index (χ0) is 21.5. The van der Waals surface area contributed by atoms with E-state index in [1.165, 1.54) is 23.0 Å². The molecule has 0 spiro atoms. The smallest absolute Gasteiger partial charge is 0.195 e. The molecule has 2 aromatic heterocycles. The largest absolute Gasteiger partial charge is 0.291 e. The van der Waals surface area contributed by atoms with Gasteiger partial charge in [-0.15, -0.1) is 11.3 Å². The second kappa shape index (κ2) is 7.81. The van der Waals surface area contributed by atoms with Gasteiger partial charge < -0.3 is 0 Å². The lowest BCUT2D eigenvalue weighted by Gasteiger charge is -2.09. The van der Waals surface area contributed by atoms with Crippen molar-refractivity contribution >= 4 is 17.1 Å². The molecule has 1 aliphatic rings. The maximum atomic E-state index is 14.0. The molecular weight excluding hydrogens is 416 g/mol. The Bertz CT molecular complexity index is 1290. The highest BCUT2D eigenvalue weighted by atomic mass is 32.1. The van der Waals surface area contributed by atoms with Gasteiger partial charge in [-0.2, -0.15) is 5.10 Å². The molecule has 0 radical (unpaired) electrons. The number of thiazole rings is 1. The van der Waals surface area contributed by atoms with Crippen molar-refractivity contribution in [2.45, 2.75) is 32.6 Å². The predicted octanol–water partition coefficient (Wildman–Crippen LogP) is 5.50. The summed E-state index contributed by atoms with van der Waals surface area (Å²) in [6, 6.07) is 11.8. The van der Waals surface area contributed by atoms with Gasteiger partial charge in [-0.25, -0.2) is 18.4 Å². The van der Waals surface area contributed by atoms with Crippen molar-refractivity contribution in [1.29, 1.82) is 0 Å². The van der Waals surface area contributed by atoms with Crippen molar-refractivity contribution < 1.29 is 13.6 Å². The molecule has 0 bridgehead atoms. The minimum Gasteiger partial charge on any atom is -0.291 e. The molecule has 0 saturated heterocycles. The molecule has 7 heteroatoms. The number of aryl methyl sites for hydroxylation is 3. The summed E-state index contributed by atoms with van der Waals surface area (Å²) in [7, 11) is 0. The minimum atomic E-state index is -0.712. The first-order chi connectivity index (χ1) is 15.0. The van der Waals surface area contributed by atoms with E-state index in [1.54, 1.807) is 0 Å². The highest BCUT2D eigenvalue weighted by Gasteiger charge is 2.24. The molecule has 4 aromatic rings. The van der Waals surface area contributed by atoms with Crippen LogP contribution in [0.3, 0.4) is 0 Å². The number of carbonyl (C=O) groups is 1. The molecule has 0 saturated carbocycles. The lowest BCUT2D eigenvalue weighted by atomic mass is 10.0. The number of rotatable bonds is 4. The number of ketones is 1. The fraction of sp³-hybridized carbons (Fsp3) is 0.208. The molecule has 1 aliphatic carbocycles. The molecule has 31 heavy (non-hydrogen) atoms. The van der Waals surface area contributed by atoms with E-state index in [1.807, 2.05) is 29.9 Å². The summed E-state index contributed by atoms with van der Waals surface area (Å²) in [6.07, 6.45) is 4.20. The SMILES string of the molecule is Cc1ccn(-c2ccc3c(c2)-c2sc(C(=O)Cc4c(F)cccc4F)nc2CCC3)n1. The standard InChI is InChI=1S/C24H19F2N3OS/c1-14-10-11-29(28-14)16-9-8-15-4-2-7-21-23(17(15)12-16)31-24(27-21)22(30)13-18-19(25)5-3-6-20(18)26/h3,5-6,8-12H,2,4,7,13H2,1H3. The highest BCUT2D eigenvalue weighted by Crippen LogP contribution is 2.38. The Hall–Kier alpha value is -3.19. The zero-order valence-corrected chi connectivity index (χ0v) is 17.7. The summed E-state index contributed by atoms with van der Waals surface area (Å²) in [5.41, 5.74) is 4.78. The van der Waals surface area contributed by atoms with E-state index >= 15 is 0 Å². The van der Waals surface area contributed by atoms with Crippen molar-refractivity contribution in [2.75, 3.05) is 0 Å². The summed E-state index contributed by atoms with van der Waals surface area (Å²) in [5.74, 6) is -1.80. The van der Waals surface area contributed by atoms with Crippen LogP contribution in [0.25, 0.3) is 16.1 Å². The van der Waals surface area contributed by atoms with Gasteiger partial charge in [0.05, 0.1) is 22.0 Å². The Kier molecular flexibility index (Phi) is 4.98. The molecule has 2 aromatic carbocycles. The van der Waals surface area contributed by atoms with Crippen LogP contribution in [0, 0.1) is 18.6 Å². The second-order valence-electron chi connectivity index (χ2n) is 7.69. The summed E-state index contributed by atoms with van der Waals surface area (Å²) in [4.78, 5) is 18.4. The van der Waals surface area contributed by atoms with Gasteiger partial charge in [-0.1, -0.05) is 12.1 Å². The van der Waals surface area contributed by atoms with Gasteiger partial charge in [0.2, 0.25) is 0 Å².